The van der Waals surface area contributed by atoms with Gasteiger partial charge in [-0.1, -0.05) is 6.42 Å². The summed E-state index contributed by atoms with van der Waals surface area (Å²) in [4.78, 5) is 11.1. The van der Waals surface area contributed by atoms with Crippen LogP contribution in [0.4, 0.5) is 0 Å². The lowest BCUT2D eigenvalue weighted by molar-refractivity contribution is -0.122. The first-order valence-electron chi connectivity index (χ1n) is 4.33. The topological polar surface area (TPSA) is 37.3 Å². The summed E-state index contributed by atoms with van der Waals surface area (Å²) in [6, 6.07) is 0. The Morgan fingerprint density at radius 2 is 2.09 bits per heavy atom. The Labute approximate surface area is 67.6 Å². The highest BCUT2D eigenvalue weighted by molar-refractivity contribution is 5.84. The van der Waals surface area contributed by atoms with Gasteiger partial charge in [0, 0.05) is 12.0 Å². The summed E-state index contributed by atoms with van der Waals surface area (Å²) < 4.78 is 0. The van der Waals surface area contributed by atoms with Gasteiger partial charge in [-0.25, -0.2) is 0 Å². The average Bonchev–Trinajstić information content (AvgIpc) is 2.70. The molecule has 0 aromatic carbocycles. The summed E-state index contributed by atoms with van der Waals surface area (Å²) in [5, 5.41) is 8.54. The molecule has 1 saturated carbocycles. The molecule has 2 nitrogen and oxygen atoms in total. The summed E-state index contributed by atoms with van der Waals surface area (Å²) in [6.07, 6.45) is 4.98. The number of hydrogen-bond donors (Lipinski definition) is 1. The quantitative estimate of drug-likeness (QED) is 0.613. The van der Waals surface area contributed by atoms with Crippen LogP contribution in [0.2, 0.25) is 0 Å². The van der Waals surface area contributed by atoms with Gasteiger partial charge >= 0.3 is 0 Å². The molecule has 2 heteroatoms. The number of aliphatic hydroxyl groups is 1. The fraction of sp³-hybridized carbons (Fsp3) is 0.889. The Morgan fingerprint density at radius 1 is 1.45 bits per heavy atom. The van der Waals surface area contributed by atoms with Crippen molar-refractivity contribution in [3.8, 4) is 0 Å². The van der Waals surface area contributed by atoms with Crippen molar-refractivity contribution in [1.29, 1.82) is 0 Å². The molecule has 1 rings (SSSR count). The molecule has 64 valence electrons. The van der Waals surface area contributed by atoms with E-state index in [1.165, 1.54) is 0 Å². The first-order valence-corrected chi connectivity index (χ1v) is 4.33. The molecular weight excluding hydrogens is 140 g/mol. The van der Waals surface area contributed by atoms with E-state index < -0.39 is 0 Å². The third-order valence-corrected chi connectivity index (χ3v) is 2.66. The normalized spacial score (nSPS) is 19.8. The van der Waals surface area contributed by atoms with Crippen molar-refractivity contribution in [2.45, 2.75) is 39.0 Å². The average molecular weight is 156 g/mol. The van der Waals surface area contributed by atoms with Gasteiger partial charge in [-0.15, -0.1) is 0 Å². The van der Waals surface area contributed by atoms with E-state index in [-0.39, 0.29) is 12.0 Å². The molecule has 0 atom stereocenters. The number of Topliss-reactive ketones (excluding diaryl/α,β-unsaturated/α-hetero) is 1. The fourth-order valence-corrected chi connectivity index (χ4v) is 1.50. The molecule has 0 heterocycles. The molecule has 0 amide bonds. The maximum atomic E-state index is 11.1. The minimum atomic E-state index is 0.0508. The van der Waals surface area contributed by atoms with E-state index >= 15 is 0 Å². The lowest BCUT2D eigenvalue weighted by Gasteiger charge is -2.09. The molecule has 0 saturated heterocycles. The molecule has 0 aromatic rings. The standard InChI is InChI=1S/C9H16O2/c1-8(11)9(5-6-9)4-2-3-7-10/h10H,2-7H2,1H3. The summed E-state index contributed by atoms with van der Waals surface area (Å²) in [7, 11) is 0. The Hall–Kier alpha value is -0.370. The Morgan fingerprint density at radius 3 is 2.45 bits per heavy atom. The van der Waals surface area contributed by atoms with Crippen LogP contribution >= 0.6 is 0 Å². The molecule has 1 aliphatic carbocycles. The van der Waals surface area contributed by atoms with E-state index in [2.05, 4.69) is 0 Å². The SMILES string of the molecule is CC(=O)C1(CCCCO)CC1. The number of rotatable bonds is 5. The van der Waals surface area contributed by atoms with E-state index in [9.17, 15) is 4.79 Å². The molecule has 0 spiro atoms. The second kappa shape index (κ2) is 3.35. The van der Waals surface area contributed by atoms with Crippen LogP contribution in [0.15, 0.2) is 0 Å². The molecule has 1 N–H and O–H groups in total. The zero-order chi connectivity index (χ0) is 8.32. The number of aliphatic hydroxyl groups excluding tert-OH is 1. The van der Waals surface area contributed by atoms with Crippen LogP contribution in [0.1, 0.15) is 39.0 Å². The van der Waals surface area contributed by atoms with Crippen molar-refractivity contribution in [1.82, 2.24) is 0 Å². The summed E-state index contributed by atoms with van der Waals surface area (Å²) in [5.41, 5.74) is 0.0508. The van der Waals surface area contributed by atoms with E-state index in [0.717, 1.165) is 32.1 Å². The van der Waals surface area contributed by atoms with Crippen LogP contribution in [0.5, 0.6) is 0 Å². The highest BCUT2D eigenvalue weighted by atomic mass is 16.2. The lowest BCUT2D eigenvalue weighted by atomic mass is 9.95. The molecule has 0 unspecified atom stereocenters. The molecule has 0 bridgehead atoms. The third kappa shape index (κ3) is 2.03. The number of ketones is 1. The van der Waals surface area contributed by atoms with Crippen molar-refractivity contribution in [3.63, 3.8) is 0 Å². The number of carbonyl (C=O) groups excluding carboxylic acids is 1. The molecular formula is C9H16O2. The molecule has 0 aromatic heterocycles. The number of carbonyl (C=O) groups is 1. The van der Waals surface area contributed by atoms with Crippen LogP contribution in [-0.2, 0) is 4.79 Å². The third-order valence-electron chi connectivity index (χ3n) is 2.66. The molecule has 11 heavy (non-hydrogen) atoms. The highest BCUT2D eigenvalue weighted by Gasteiger charge is 2.45. The fourth-order valence-electron chi connectivity index (χ4n) is 1.50. The Kier molecular flexibility index (Phi) is 2.66. The zero-order valence-corrected chi connectivity index (χ0v) is 7.10. The van der Waals surface area contributed by atoms with E-state index in [0.29, 0.717) is 5.78 Å². The van der Waals surface area contributed by atoms with Crippen molar-refractivity contribution >= 4 is 5.78 Å². The number of hydrogen-bond acceptors (Lipinski definition) is 2. The first-order chi connectivity index (χ1) is 5.21. The molecule has 0 radical (unpaired) electrons. The maximum Gasteiger partial charge on any atom is 0.135 e. The predicted molar refractivity (Wildman–Crippen MR) is 43.3 cm³/mol. The molecule has 1 fully saturated rings. The summed E-state index contributed by atoms with van der Waals surface area (Å²) in [6.45, 7) is 1.94. The largest absolute Gasteiger partial charge is 0.396 e. The second-order valence-electron chi connectivity index (χ2n) is 3.52. The number of unbranched alkanes of at least 4 members (excludes halogenated alkanes) is 1. The van der Waals surface area contributed by atoms with E-state index in [1.54, 1.807) is 6.92 Å². The minimum Gasteiger partial charge on any atom is -0.396 e. The van der Waals surface area contributed by atoms with E-state index in [1.807, 2.05) is 0 Å². The summed E-state index contributed by atoms with van der Waals surface area (Å²) in [5.74, 6) is 0.343. The van der Waals surface area contributed by atoms with Gasteiger partial charge in [-0.3, -0.25) is 4.79 Å². The van der Waals surface area contributed by atoms with Gasteiger partial charge in [0.15, 0.2) is 0 Å². The van der Waals surface area contributed by atoms with Gasteiger partial charge in [0.25, 0.3) is 0 Å². The summed E-state index contributed by atoms with van der Waals surface area (Å²) >= 11 is 0. The predicted octanol–water partition coefficient (Wildman–Crippen LogP) is 1.52. The monoisotopic (exact) mass is 156 g/mol. The zero-order valence-electron chi connectivity index (χ0n) is 7.10. The maximum absolute atomic E-state index is 11.1. The molecule has 0 aliphatic heterocycles. The van der Waals surface area contributed by atoms with Crippen LogP contribution in [0, 0.1) is 5.41 Å². The van der Waals surface area contributed by atoms with Crippen LogP contribution < -0.4 is 0 Å². The van der Waals surface area contributed by atoms with Crippen molar-refractivity contribution in [2.75, 3.05) is 6.61 Å². The Bertz CT molecular complexity index is 148. The minimum absolute atomic E-state index is 0.0508. The second-order valence-corrected chi connectivity index (χ2v) is 3.52. The van der Waals surface area contributed by atoms with Gasteiger partial charge in [-0.05, 0) is 32.6 Å². The van der Waals surface area contributed by atoms with Gasteiger partial charge < -0.3 is 5.11 Å². The van der Waals surface area contributed by atoms with Gasteiger partial charge in [0.1, 0.15) is 5.78 Å². The van der Waals surface area contributed by atoms with Crippen molar-refractivity contribution in [3.05, 3.63) is 0 Å². The van der Waals surface area contributed by atoms with Gasteiger partial charge in [0.2, 0.25) is 0 Å². The highest BCUT2D eigenvalue weighted by Crippen LogP contribution is 2.50. The smallest absolute Gasteiger partial charge is 0.135 e. The van der Waals surface area contributed by atoms with Crippen molar-refractivity contribution < 1.29 is 9.90 Å². The molecule has 1 aliphatic rings. The van der Waals surface area contributed by atoms with Crippen LogP contribution in [0.3, 0.4) is 0 Å². The first kappa shape index (κ1) is 8.72. The van der Waals surface area contributed by atoms with Crippen LogP contribution in [0.25, 0.3) is 0 Å². The van der Waals surface area contributed by atoms with Crippen molar-refractivity contribution in [2.24, 2.45) is 5.41 Å². The van der Waals surface area contributed by atoms with Crippen LogP contribution in [-0.4, -0.2) is 17.5 Å². The van der Waals surface area contributed by atoms with Gasteiger partial charge in [-0.2, -0.15) is 0 Å². The Balaban J connectivity index is 2.20. The van der Waals surface area contributed by atoms with E-state index in [4.69, 9.17) is 5.11 Å². The van der Waals surface area contributed by atoms with Gasteiger partial charge in [0.05, 0.1) is 0 Å². The lowest BCUT2D eigenvalue weighted by Crippen LogP contribution is -2.11.